The summed E-state index contributed by atoms with van der Waals surface area (Å²) in [6.45, 7) is 2.33. The number of aromatic nitrogens is 4. The fraction of sp³-hybridized carbons (Fsp3) is 0.182. The number of rotatable bonds is 3. The molecular formula is C22H24N6O2. The smallest absolute Gasteiger partial charge is 0.254 e. The number of imidazole rings is 1. The summed E-state index contributed by atoms with van der Waals surface area (Å²) in [7, 11) is 0. The van der Waals surface area contributed by atoms with Crippen molar-refractivity contribution in [1.82, 2.24) is 24.8 Å². The van der Waals surface area contributed by atoms with Gasteiger partial charge >= 0.3 is 0 Å². The van der Waals surface area contributed by atoms with Crippen LogP contribution in [0.3, 0.4) is 0 Å². The Labute approximate surface area is 175 Å². The van der Waals surface area contributed by atoms with Crippen LogP contribution in [0.4, 0.5) is 5.82 Å². The summed E-state index contributed by atoms with van der Waals surface area (Å²) in [5.41, 5.74) is 10.3. The Balaban J connectivity index is 0.00000144. The predicted octanol–water partition coefficient (Wildman–Crippen LogP) is 3.23. The van der Waals surface area contributed by atoms with E-state index in [1.54, 1.807) is 11.1 Å². The molecule has 2 aromatic heterocycles. The van der Waals surface area contributed by atoms with Gasteiger partial charge in [0.05, 0.1) is 36.1 Å². The highest BCUT2D eigenvalue weighted by atomic mass is 16.5. The molecule has 0 unspecified atom stereocenters. The number of carbonyl (C=O) groups excluding carboxylic acids is 1. The Morgan fingerprint density at radius 2 is 1.93 bits per heavy atom. The number of benzene rings is 2. The highest BCUT2D eigenvalue weighted by Crippen LogP contribution is 2.26. The van der Waals surface area contributed by atoms with Gasteiger partial charge in [-0.2, -0.15) is 0 Å². The third kappa shape index (κ3) is 3.37. The quantitative estimate of drug-likeness (QED) is 0.542. The Bertz CT molecular complexity index is 1210. The second-order valence-corrected chi connectivity index (χ2v) is 7.08. The van der Waals surface area contributed by atoms with Gasteiger partial charge in [-0.3, -0.25) is 4.79 Å². The van der Waals surface area contributed by atoms with Crippen LogP contribution in [0.1, 0.15) is 13.2 Å². The number of hydrogen-bond acceptors (Lipinski definition) is 6. The lowest BCUT2D eigenvalue weighted by atomic mass is 10.1. The molecule has 3 N–H and O–H groups in total. The van der Waals surface area contributed by atoms with Crippen molar-refractivity contribution in [2.45, 2.75) is 0 Å². The minimum Gasteiger partial charge on any atom is -0.382 e. The highest BCUT2D eigenvalue weighted by Gasteiger charge is 2.19. The van der Waals surface area contributed by atoms with E-state index < -0.39 is 0 Å². The molecule has 1 aliphatic heterocycles. The molecule has 3 heterocycles. The minimum absolute atomic E-state index is 0. The highest BCUT2D eigenvalue weighted by molar-refractivity contribution is 5.95. The molecule has 1 saturated heterocycles. The van der Waals surface area contributed by atoms with Gasteiger partial charge in [-0.05, 0) is 24.3 Å². The number of nitrogens with two attached hydrogens (primary N) is 1. The lowest BCUT2D eigenvalue weighted by molar-refractivity contribution is 0.0303. The molecule has 0 spiro atoms. The van der Waals surface area contributed by atoms with Crippen LogP contribution in [0.5, 0.6) is 0 Å². The van der Waals surface area contributed by atoms with Crippen molar-refractivity contribution in [3.05, 3.63) is 60.3 Å². The van der Waals surface area contributed by atoms with Crippen LogP contribution in [0, 0.1) is 0 Å². The van der Waals surface area contributed by atoms with E-state index in [2.05, 4.69) is 15.0 Å². The maximum Gasteiger partial charge on any atom is 0.254 e. The minimum atomic E-state index is -0.0129. The van der Waals surface area contributed by atoms with Gasteiger partial charge in [0, 0.05) is 27.1 Å². The third-order valence-corrected chi connectivity index (χ3v) is 5.12. The van der Waals surface area contributed by atoms with Crippen LogP contribution in [-0.4, -0.2) is 57.0 Å². The van der Waals surface area contributed by atoms with Crippen molar-refractivity contribution in [3.8, 4) is 22.8 Å². The summed E-state index contributed by atoms with van der Waals surface area (Å²) in [4.78, 5) is 31.4. The molecule has 0 atom stereocenters. The van der Waals surface area contributed by atoms with Crippen molar-refractivity contribution >= 4 is 22.8 Å². The number of nitrogens with zero attached hydrogens (tertiary/aromatic N) is 4. The summed E-state index contributed by atoms with van der Waals surface area (Å²) in [5, 5.41) is 0. The number of fused-ring (bicyclic) bond motifs is 1. The standard InChI is InChI=1S/C22H20N6O2.2H2/c23-20-19(21-26-16-6-1-2-7-17(16)27-21)25-18(13-24-20)14-4-3-5-15(12-14)22(29)28-8-10-30-11-9-28;;/h1-7,12-13H,8-11H2,(H2,23,24)(H,26,27);2*1H. The number of ether oxygens (including phenoxy) is 1. The topological polar surface area (TPSA) is 110 Å². The van der Waals surface area contributed by atoms with Gasteiger partial charge in [0.1, 0.15) is 5.69 Å². The number of nitrogens with one attached hydrogen (secondary N) is 1. The van der Waals surface area contributed by atoms with Crippen molar-refractivity contribution in [1.29, 1.82) is 0 Å². The van der Waals surface area contributed by atoms with E-state index in [0.29, 0.717) is 54.9 Å². The number of para-hydroxylation sites is 2. The van der Waals surface area contributed by atoms with Crippen LogP contribution in [0.15, 0.2) is 54.7 Å². The zero-order valence-electron chi connectivity index (χ0n) is 16.2. The second-order valence-electron chi connectivity index (χ2n) is 7.08. The Morgan fingerprint density at radius 3 is 2.77 bits per heavy atom. The molecule has 0 saturated carbocycles. The van der Waals surface area contributed by atoms with Crippen molar-refractivity contribution in [3.63, 3.8) is 0 Å². The number of amides is 1. The SMILES string of the molecule is Nc1ncc(-c2cccc(C(=O)N3CCOCC3)c2)nc1-c1nc2ccccc2[nH]1.[HH].[HH]. The molecular weight excluding hydrogens is 380 g/mol. The summed E-state index contributed by atoms with van der Waals surface area (Å²) < 4.78 is 5.33. The van der Waals surface area contributed by atoms with Crippen LogP contribution < -0.4 is 5.73 Å². The fourth-order valence-electron chi connectivity index (χ4n) is 3.54. The summed E-state index contributed by atoms with van der Waals surface area (Å²) in [5.74, 6) is 0.836. The molecule has 2 aromatic carbocycles. The predicted molar refractivity (Wildman–Crippen MR) is 118 cm³/mol. The average Bonchev–Trinajstić information content (AvgIpc) is 3.23. The van der Waals surface area contributed by atoms with Gasteiger partial charge in [-0.25, -0.2) is 15.0 Å². The van der Waals surface area contributed by atoms with Gasteiger partial charge in [-0.1, -0.05) is 24.3 Å². The fourth-order valence-corrected chi connectivity index (χ4v) is 3.54. The first-order valence-electron chi connectivity index (χ1n) is 9.74. The molecule has 8 nitrogen and oxygen atoms in total. The van der Waals surface area contributed by atoms with Gasteiger partial charge in [-0.15, -0.1) is 0 Å². The van der Waals surface area contributed by atoms with Crippen LogP contribution in [-0.2, 0) is 4.74 Å². The maximum atomic E-state index is 12.8. The molecule has 30 heavy (non-hydrogen) atoms. The first-order chi connectivity index (χ1) is 14.7. The van der Waals surface area contributed by atoms with Crippen LogP contribution in [0.25, 0.3) is 33.8 Å². The largest absolute Gasteiger partial charge is 0.382 e. The van der Waals surface area contributed by atoms with E-state index in [1.165, 1.54) is 0 Å². The van der Waals surface area contributed by atoms with Crippen molar-refractivity contribution < 1.29 is 12.4 Å². The van der Waals surface area contributed by atoms with E-state index in [-0.39, 0.29) is 8.76 Å². The second kappa shape index (κ2) is 7.57. The Morgan fingerprint density at radius 1 is 1.10 bits per heavy atom. The Hall–Kier alpha value is -3.78. The molecule has 0 aliphatic carbocycles. The Kier molecular flexibility index (Phi) is 4.61. The lowest BCUT2D eigenvalue weighted by Crippen LogP contribution is -2.40. The zero-order chi connectivity index (χ0) is 20.5. The molecule has 154 valence electrons. The zero-order valence-corrected chi connectivity index (χ0v) is 16.2. The van der Waals surface area contributed by atoms with Crippen molar-refractivity contribution in [2.75, 3.05) is 32.0 Å². The number of hydrogen-bond donors (Lipinski definition) is 2. The summed E-state index contributed by atoms with van der Waals surface area (Å²) in [6.07, 6.45) is 1.61. The van der Waals surface area contributed by atoms with Gasteiger partial charge in [0.15, 0.2) is 11.6 Å². The molecule has 1 amide bonds. The van der Waals surface area contributed by atoms with E-state index in [1.807, 2.05) is 48.5 Å². The molecule has 0 bridgehead atoms. The molecule has 0 radical (unpaired) electrons. The number of H-pyrrole nitrogens is 1. The maximum absolute atomic E-state index is 12.8. The molecule has 4 aromatic rings. The van der Waals surface area contributed by atoms with E-state index in [4.69, 9.17) is 15.5 Å². The van der Waals surface area contributed by atoms with Crippen LogP contribution >= 0.6 is 0 Å². The normalized spacial score (nSPS) is 14.2. The molecule has 5 rings (SSSR count). The van der Waals surface area contributed by atoms with Gasteiger partial charge in [0.25, 0.3) is 5.91 Å². The van der Waals surface area contributed by atoms with E-state index in [9.17, 15) is 4.79 Å². The number of anilines is 1. The first-order valence-corrected chi connectivity index (χ1v) is 9.74. The number of carbonyl (C=O) groups is 1. The summed E-state index contributed by atoms with van der Waals surface area (Å²) >= 11 is 0. The number of nitrogen functional groups attached to an aromatic ring is 1. The lowest BCUT2D eigenvalue weighted by Gasteiger charge is -2.27. The van der Waals surface area contributed by atoms with Gasteiger partial charge in [0.2, 0.25) is 0 Å². The van der Waals surface area contributed by atoms with Crippen molar-refractivity contribution in [2.24, 2.45) is 0 Å². The monoisotopic (exact) mass is 404 g/mol. The number of morpholine rings is 1. The molecule has 8 heteroatoms. The number of aromatic amines is 1. The molecule has 1 fully saturated rings. The van der Waals surface area contributed by atoms with E-state index in [0.717, 1.165) is 16.6 Å². The first kappa shape index (κ1) is 18.3. The average molecular weight is 404 g/mol. The summed E-state index contributed by atoms with van der Waals surface area (Å²) in [6, 6.07) is 15.1. The van der Waals surface area contributed by atoms with E-state index >= 15 is 0 Å². The molecule has 1 aliphatic rings. The van der Waals surface area contributed by atoms with Crippen LogP contribution in [0.2, 0.25) is 0 Å². The van der Waals surface area contributed by atoms with Gasteiger partial charge < -0.3 is 20.4 Å². The third-order valence-electron chi connectivity index (χ3n) is 5.12.